The van der Waals surface area contributed by atoms with Crippen LogP contribution in [-0.2, 0) is 4.79 Å². The number of rotatable bonds is 5. The molecule has 0 unspecified atom stereocenters. The number of hydrogen-bond donors (Lipinski definition) is 1. The van der Waals surface area contributed by atoms with Gasteiger partial charge < -0.3 is 5.11 Å². The van der Waals surface area contributed by atoms with Crippen LogP contribution in [0.3, 0.4) is 0 Å². The van der Waals surface area contributed by atoms with Crippen molar-refractivity contribution in [3.05, 3.63) is 64.5 Å². The predicted octanol–water partition coefficient (Wildman–Crippen LogP) is 1.72. The molecular weight excluding hydrogens is 290 g/mol. The number of non-ortho nitro benzene ring substituents is 1. The summed E-state index contributed by atoms with van der Waals surface area (Å²) in [6, 6.07) is 8.01. The lowest BCUT2D eigenvalue weighted by molar-refractivity contribution is -0.384. The molecule has 8 heteroatoms. The first-order chi connectivity index (χ1) is 10.5. The van der Waals surface area contributed by atoms with Crippen LogP contribution in [0.2, 0.25) is 0 Å². The molecule has 22 heavy (non-hydrogen) atoms. The SMILES string of the molecule is O=C(O)CN(C(=O)c1ccncc1)c1ccc([N+](=O)[O-])cc1. The van der Waals surface area contributed by atoms with Gasteiger partial charge in [0.15, 0.2) is 0 Å². The lowest BCUT2D eigenvalue weighted by Gasteiger charge is -2.20. The van der Waals surface area contributed by atoms with E-state index in [0.29, 0.717) is 0 Å². The Morgan fingerprint density at radius 3 is 2.23 bits per heavy atom. The van der Waals surface area contributed by atoms with Crippen molar-refractivity contribution in [1.29, 1.82) is 0 Å². The number of anilines is 1. The van der Waals surface area contributed by atoms with Crippen LogP contribution in [-0.4, -0.2) is 33.4 Å². The van der Waals surface area contributed by atoms with Crippen LogP contribution in [0.4, 0.5) is 11.4 Å². The van der Waals surface area contributed by atoms with Crippen molar-refractivity contribution in [3.63, 3.8) is 0 Å². The zero-order valence-electron chi connectivity index (χ0n) is 11.2. The summed E-state index contributed by atoms with van der Waals surface area (Å²) in [5.41, 5.74) is 0.389. The number of benzene rings is 1. The van der Waals surface area contributed by atoms with Crippen LogP contribution >= 0.6 is 0 Å². The average Bonchev–Trinajstić information content (AvgIpc) is 2.53. The van der Waals surface area contributed by atoms with Crippen molar-refractivity contribution in [2.24, 2.45) is 0 Å². The zero-order valence-corrected chi connectivity index (χ0v) is 11.2. The van der Waals surface area contributed by atoms with Gasteiger partial charge in [-0.3, -0.25) is 29.6 Å². The maximum absolute atomic E-state index is 12.4. The van der Waals surface area contributed by atoms with E-state index in [2.05, 4.69) is 4.98 Å². The fourth-order valence-corrected chi connectivity index (χ4v) is 1.82. The largest absolute Gasteiger partial charge is 0.480 e. The zero-order chi connectivity index (χ0) is 16.1. The number of carboxylic acids is 1. The number of nitrogens with zero attached hydrogens (tertiary/aromatic N) is 3. The quantitative estimate of drug-likeness (QED) is 0.664. The fourth-order valence-electron chi connectivity index (χ4n) is 1.82. The lowest BCUT2D eigenvalue weighted by Crippen LogP contribution is -2.35. The number of pyridine rings is 1. The topological polar surface area (TPSA) is 114 Å². The second-order valence-electron chi connectivity index (χ2n) is 4.29. The van der Waals surface area contributed by atoms with Gasteiger partial charge in [0.2, 0.25) is 0 Å². The summed E-state index contributed by atoms with van der Waals surface area (Å²) in [6.45, 7) is -0.557. The van der Waals surface area contributed by atoms with Crippen LogP contribution in [0.15, 0.2) is 48.8 Å². The Bertz CT molecular complexity index is 700. The molecule has 0 saturated carbocycles. The highest BCUT2D eigenvalue weighted by atomic mass is 16.6. The summed E-state index contributed by atoms with van der Waals surface area (Å²) in [4.78, 5) is 38.3. The monoisotopic (exact) mass is 301 g/mol. The molecule has 1 amide bonds. The smallest absolute Gasteiger partial charge is 0.323 e. The van der Waals surface area contributed by atoms with Crippen molar-refractivity contribution in [2.75, 3.05) is 11.4 Å². The molecule has 1 aromatic carbocycles. The minimum absolute atomic E-state index is 0.143. The second-order valence-corrected chi connectivity index (χ2v) is 4.29. The number of nitro benzene ring substituents is 1. The standard InChI is InChI=1S/C14H11N3O5/c18-13(19)9-16(14(20)10-5-7-15-8-6-10)11-1-3-12(4-2-11)17(21)22/h1-8H,9H2,(H,18,19). The summed E-state index contributed by atoms with van der Waals surface area (Å²) in [7, 11) is 0. The molecule has 0 aliphatic heterocycles. The van der Waals surface area contributed by atoms with Gasteiger partial charge in [0, 0.05) is 35.8 Å². The first-order valence-corrected chi connectivity index (χ1v) is 6.17. The molecule has 1 N–H and O–H groups in total. The van der Waals surface area contributed by atoms with Crippen molar-refractivity contribution >= 4 is 23.3 Å². The van der Waals surface area contributed by atoms with Crippen LogP contribution < -0.4 is 4.90 Å². The van der Waals surface area contributed by atoms with Crippen LogP contribution in [0.5, 0.6) is 0 Å². The number of carboxylic acid groups (broad SMARTS) is 1. The van der Waals surface area contributed by atoms with Gasteiger partial charge in [0.1, 0.15) is 6.54 Å². The number of nitro groups is 1. The minimum Gasteiger partial charge on any atom is -0.480 e. The Morgan fingerprint density at radius 1 is 1.14 bits per heavy atom. The van der Waals surface area contributed by atoms with Crippen LogP contribution in [0.1, 0.15) is 10.4 Å². The number of carbonyl (C=O) groups is 2. The summed E-state index contributed by atoms with van der Waals surface area (Å²) in [5, 5.41) is 19.6. The molecule has 0 spiro atoms. The van der Waals surface area contributed by atoms with Gasteiger partial charge in [-0.25, -0.2) is 0 Å². The molecule has 0 saturated heterocycles. The first kappa shape index (κ1) is 15.1. The highest BCUT2D eigenvalue weighted by Gasteiger charge is 2.21. The second kappa shape index (κ2) is 6.44. The van der Waals surface area contributed by atoms with Crippen molar-refractivity contribution < 1.29 is 19.6 Å². The molecule has 112 valence electrons. The van der Waals surface area contributed by atoms with E-state index in [1.165, 1.54) is 48.8 Å². The maximum Gasteiger partial charge on any atom is 0.323 e. The van der Waals surface area contributed by atoms with Crippen LogP contribution in [0, 0.1) is 10.1 Å². The molecule has 0 aliphatic carbocycles. The van der Waals surface area contributed by atoms with Crippen molar-refractivity contribution in [1.82, 2.24) is 4.98 Å². The Kier molecular flexibility index (Phi) is 4.42. The average molecular weight is 301 g/mol. The van der Waals surface area contributed by atoms with E-state index in [9.17, 15) is 19.7 Å². The molecule has 0 atom stereocenters. The summed E-state index contributed by atoms with van der Waals surface area (Å²) in [6.07, 6.45) is 2.84. The predicted molar refractivity (Wildman–Crippen MR) is 76.6 cm³/mol. The molecule has 0 bridgehead atoms. The van der Waals surface area contributed by atoms with E-state index in [4.69, 9.17) is 5.11 Å². The first-order valence-electron chi connectivity index (χ1n) is 6.17. The molecule has 1 aromatic heterocycles. The Labute approximate surface area is 124 Å². The number of aromatic nitrogens is 1. The van der Waals surface area contributed by atoms with Gasteiger partial charge in [0.25, 0.3) is 11.6 Å². The number of hydrogen-bond acceptors (Lipinski definition) is 5. The highest BCUT2D eigenvalue weighted by Crippen LogP contribution is 2.21. The molecule has 0 radical (unpaired) electrons. The van der Waals surface area contributed by atoms with E-state index < -0.39 is 23.3 Å². The highest BCUT2D eigenvalue weighted by molar-refractivity contribution is 6.08. The molecule has 0 fully saturated rings. The maximum atomic E-state index is 12.4. The molecule has 2 rings (SSSR count). The molecule has 0 aliphatic rings. The minimum atomic E-state index is -1.19. The third-order valence-electron chi connectivity index (χ3n) is 2.84. The van der Waals surface area contributed by atoms with E-state index in [1.54, 1.807) is 0 Å². The Balaban J connectivity index is 2.35. The van der Waals surface area contributed by atoms with E-state index in [0.717, 1.165) is 4.90 Å². The van der Waals surface area contributed by atoms with Crippen LogP contribution in [0.25, 0.3) is 0 Å². The third-order valence-corrected chi connectivity index (χ3v) is 2.84. The molecule has 2 aromatic rings. The van der Waals surface area contributed by atoms with Gasteiger partial charge in [-0.2, -0.15) is 0 Å². The number of carbonyl (C=O) groups excluding carboxylic acids is 1. The molecule has 1 heterocycles. The third kappa shape index (κ3) is 3.42. The van der Waals surface area contributed by atoms with Gasteiger partial charge >= 0.3 is 5.97 Å². The lowest BCUT2D eigenvalue weighted by atomic mass is 10.2. The number of aliphatic carboxylic acids is 1. The Morgan fingerprint density at radius 2 is 1.73 bits per heavy atom. The summed E-state index contributed by atoms with van der Waals surface area (Å²) >= 11 is 0. The summed E-state index contributed by atoms with van der Waals surface area (Å²) < 4.78 is 0. The normalized spacial score (nSPS) is 10.0. The van der Waals surface area contributed by atoms with Crippen molar-refractivity contribution in [2.45, 2.75) is 0 Å². The fraction of sp³-hybridized carbons (Fsp3) is 0.0714. The molecule has 8 nitrogen and oxygen atoms in total. The summed E-state index contributed by atoms with van der Waals surface area (Å²) in [5.74, 6) is -1.72. The van der Waals surface area contributed by atoms with Gasteiger partial charge in [-0.05, 0) is 24.3 Å². The van der Waals surface area contributed by atoms with Crippen molar-refractivity contribution in [3.8, 4) is 0 Å². The van der Waals surface area contributed by atoms with Gasteiger partial charge in [-0.1, -0.05) is 0 Å². The van der Waals surface area contributed by atoms with E-state index >= 15 is 0 Å². The van der Waals surface area contributed by atoms with E-state index in [1.807, 2.05) is 0 Å². The molecular formula is C14H11N3O5. The van der Waals surface area contributed by atoms with Gasteiger partial charge in [-0.15, -0.1) is 0 Å². The van der Waals surface area contributed by atoms with Gasteiger partial charge in [0.05, 0.1) is 4.92 Å². The number of amides is 1. The Hall–Kier alpha value is -3.29. The van der Waals surface area contributed by atoms with E-state index in [-0.39, 0.29) is 16.9 Å².